The summed E-state index contributed by atoms with van der Waals surface area (Å²) in [5, 5.41) is 16.4. The van der Waals surface area contributed by atoms with Crippen LogP contribution in [0.3, 0.4) is 0 Å². The van der Waals surface area contributed by atoms with E-state index < -0.39 is 12.0 Å². The van der Waals surface area contributed by atoms with E-state index in [1.54, 1.807) is 42.7 Å². The summed E-state index contributed by atoms with van der Waals surface area (Å²) < 4.78 is 27.5. The number of esters is 2. The quantitative estimate of drug-likeness (QED) is 0.0663. The molecule has 4 unspecified atom stereocenters. The van der Waals surface area contributed by atoms with Gasteiger partial charge in [0.05, 0.1) is 19.1 Å². The van der Waals surface area contributed by atoms with E-state index >= 15 is 0 Å². The number of carbonyl (C=O) groups is 3. The number of nitrogens with zero attached hydrogens (tertiary/aromatic N) is 1. The molecule has 340 valence electrons. The molecule has 64 heavy (non-hydrogen) atoms. The van der Waals surface area contributed by atoms with E-state index in [9.17, 15) is 14.4 Å². The highest BCUT2D eigenvalue weighted by molar-refractivity contribution is 6.30. The molecule has 14 heteroatoms. The Balaban J connectivity index is 0.000000182. The zero-order chi connectivity index (χ0) is 45.4. The molecule has 4 aliphatic heterocycles. The van der Waals surface area contributed by atoms with Crippen molar-refractivity contribution in [2.75, 3.05) is 26.3 Å². The number of rotatable bonds is 13. The number of fused-ring (bicyclic) bond motifs is 2. The predicted octanol–water partition coefficient (Wildman–Crippen LogP) is 8.73. The van der Waals surface area contributed by atoms with Gasteiger partial charge in [0.15, 0.2) is 0 Å². The molecule has 0 aliphatic carbocycles. The summed E-state index contributed by atoms with van der Waals surface area (Å²) in [6.45, 7) is 7.35. The van der Waals surface area contributed by atoms with Gasteiger partial charge in [0, 0.05) is 52.5 Å². The van der Waals surface area contributed by atoms with Crippen molar-refractivity contribution >= 4 is 40.9 Å². The summed E-state index contributed by atoms with van der Waals surface area (Å²) >= 11 is 11.5. The van der Waals surface area contributed by atoms with Crippen LogP contribution in [0.25, 0.3) is 0 Å². The number of carbonyl (C=O) groups excluding carboxylic acids is 3. The first-order valence-corrected chi connectivity index (χ1v) is 23.0. The highest BCUT2D eigenvalue weighted by atomic mass is 35.5. The molecule has 4 aliphatic rings. The molecule has 0 spiro atoms. The Kier molecular flexibility index (Phi) is 18.3. The van der Waals surface area contributed by atoms with E-state index in [1.807, 2.05) is 50.2 Å². The summed E-state index contributed by atoms with van der Waals surface area (Å²) in [7, 11) is 0. The van der Waals surface area contributed by atoms with E-state index in [-0.39, 0.29) is 30.6 Å². The van der Waals surface area contributed by atoms with Gasteiger partial charge in [-0.3, -0.25) is 9.59 Å². The molecule has 2 fully saturated rings. The van der Waals surface area contributed by atoms with Gasteiger partial charge in [-0.2, -0.15) is 0 Å². The Morgan fingerprint density at radius 2 is 1.25 bits per heavy atom. The summed E-state index contributed by atoms with van der Waals surface area (Å²) in [5.41, 5.74) is 10.3. The zero-order valence-corrected chi connectivity index (χ0v) is 38.1. The third kappa shape index (κ3) is 14.2. The molecule has 4 atom stereocenters. The molecular formula is C50H58Cl2N4O8. The van der Waals surface area contributed by atoms with Crippen LogP contribution >= 0.6 is 23.2 Å². The first kappa shape index (κ1) is 48.3. The number of nitriles is 1. The van der Waals surface area contributed by atoms with Crippen molar-refractivity contribution in [3.8, 4) is 35.0 Å². The van der Waals surface area contributed by atoms with Crippen molar-refractivity contribution in [1.29, 1.82) is 5.26 Å². The number of nitrogens with one attached hydrogen (secondary N) is 2. The van der Waals surface area contributed by atoms with Gasteiger partial charge in [0.25, 0.3) is 6.26 Å². The minimum absolute atomic E-state index is 0.0192. The number of Topliss-reactive ketones (excluding diaryl/α,β-unsaturated/α-hetero) is 1. The van der Waals surface area contributed by atoms with Crippen LogP contribution in [0, 0.1) is 31.3 Å². The van der Waals surface area contributed by atoms with Crippen molar-refractivity contribution in [2.45, 2.75) is 109 Å². The summed E-state index contributed by atoms with van der Waals surface area (Å²) in [5.74, 6) is 2.13. The van der Waals surface area contributed by atoms with E-state index in [0.29, 0.717) is 65.4 Å². The van der Waals surface area contributed by atoms with Crippen LogP contribution in [0.15, 0.2) is 72.8 Å². The lowest BCUT2D eigenvalue weighted by molar-refractivity contribution is -0.142. The van der Waals surface area contributed by atoms with Gasteiger partial charge >= 0.3 is 11.9 Å². The largest absolute Gasteiger partial charge is 0.493 e. The molecule has 12 nitrogen and oxygen atoms in total. The molecule has 2 saturated heterocycles. The number of hydrogen-bond donors (Lipinski definition) is 3. The van der Waals surface area contributed by atoms with Gasteiger partial charge in [-0.25, -0.2) is 4.79 Å². The Morgan fingerprint density at radius 3 is 1.77 bits per heavy atom. The lowest BCUT2D eigenvalue weighted by Gasteiger charge is -2.26. The van der Waals surface area contributed by atoms with Crippen LogP contribution < -0.4 is 40.1 Å². The Morgan fingerprint density at radius 1 is 0.734 bits per heavy atom. The van der Waals surface area contributed by atoms with Gasteiger partial charge in [-0.05, 0) is 137 Å². The maximum atomic E-state index is 12.6. The second kappa shape index (κ2) is 24.2. The van der Waals surface area contributed by atoms with Crippen molar-refractivity contribution in [3.05, 3.63) is 111 Å². The molecule has 4 N–H and O–H groups in total. The maximum Gasteiger partial charge on any atom is 0.328 e. The predicted molar refractivity (Wildman–Crippen MR) is 246 cm³/mol. The SMILES string of the molecule is Cc1c(OCCC2CCCCN2)ccc2c1OC(=O)C(CC(=O)Cc1ccc(Cl)cc1)C2.Cc1c(OCCC2CCCCN2)ccc2c1OC(=O)C(N)C2.N#COc1ccc(Cl)cc1. The number of hydrogen-bond acceptors (Lipinski definition) is 12. The van der Waals surface area contributed by atoms with Crippen molar-refractivity contribution in [1.82, 2.24) is 10.6 Å². The number of halogens is 2. The molecule has 0 bridgehead atoms. The fourth-order valence-electron chi connectivity index (χ4n) is 8.26. The maximum absolute atomic E-state index is 12.6. The molecule has 0 amide bonds. The van der Waals surface area contributed by atoms with E-state index in [1.165, 1.54) is 38.5 Å². The van der Waals surface area contributed by atoms with Gasteiger partial charge in [0.1, 0.15) is 40.6 Å². The Labute approximate surface area is 386 Å². The van der Waals surface area contributed by atoms with Crippen LogP contribution in [-0.4, -0.2) is 62.2 Å². The minimum Gasteiger partial charge on any atom is -0.493 e. The second-order valence-electron chi connectivity index (χ2n) is 16.7. The molecule has 4 heterocycles. The molecule has 0 aromatic heterocycles. The van der Waals surface area contributed by atoms with Crippen LogP contribution in [0.2, 0.25) is 10.0 Å². The second-order valence-corrected chi connectivity index (χ2v) is 17.5. The average molecular weight is 914 g/mol. The number of benzene rings is 4. The molecule has 8 rings (SSSR count). The zero-order valence-electron chi connectivity index (χ0n) is 36.6. The summed E-state index contributed by atoms with van der Waals surface area (Å²) in [6.07, 6.45) is 12.5. The lowest BCUT2D eigenvalue weighted by atomic mass is 9.89. The van der Waals surface area contributed by atoms with Gasteiger partial charge in [-0.1, -0.05) is 60.3 Å². The third-order valence-electron chi connectivity index (χ3n) is 11.9. The van der Waals surface area contributed by atoms with E-state index in [2.05, 4.69) is 15.4 Å². The Hall–Kier alpha value is -5.16. The highest BCUT2D eigenvalue weighted by Gasteiger charge is 2.32. The van der Waals surface area contributed by atoms with Gasteiger partial charge < -0.3 is 40.1 Å². The average Bonchev–Trinajstić information content (AvgIpc) is 3.29. The third-order valence-corrected chi connectivity index (χ3v) is 12.4. The first-order chi connectivity index (χ1) is 31.0. The van der Waals surface area contributed by atoms with Crippen molar-refractivity contribution in [2.24, 2.45) is 11.7 Å². The number of ketones is 1. The van der Waals surface area contributed by atoms with Crippen LogP contribution in [0.4, 0.5) is 0 Å². The van der Waals surface area contributed by atoms with E-state index in [4.69, 9.17) is 53.1 Å². The van der Waals surface area contributed by atoms with Crippen molar-refractivity contribution in [3.63, 3.8) is 0 Å². The standard InChI is InChI=1S/C26H30ClNO4.C17H24N2O3.C7H4ClNO/c1-17-24(31-13-11-22-4-2-3-12-28-22)10-7-19-15-20(26(30)32-25(17)19)16-23(29)14-18-5-8-21(27)9-6-18;1-11-15(21-9-7-13-4-2-3-8-19-13)6-5-12-10-14(18)17(20)22-16(11)12;8-6-1-3-7(4-2-6)10-5-9/h5-10,20,22,28H,2-4,11-16H2,1H3;5-6,13-14,19H,2-4,7-10,18H2,1H3;1-4H. The fraction of sp³-hybridized carbons (Fsp3) is 0.440. The van der Waals surface area contributed by atoms with Gasteiger partial charge in [-0.15, -0.1) is 5.26 Å². The van der Waals surface area contributed by atoms with Crippen LogP contribution in [0.5, 0.6) is 28.7 Å². The molecule has 4 aromatic carbocycles. The first-order valence-electron chi connectivity index (χ1n) is 22.2. The van der Waals surface area contributed by atoms with Crippen LogP contribution in [0.1, 0.15) is 85.6 Å². The Bertz CT molecular complexity index is 2240. The highest BCUT2D eigenvalue weighted by Crippen LogP contribution is 2.38. The number of ether oxygens (including phenoxy) is 5. The summed E-state index contributed by atoms with van der Waals surface area (Å²) in [6, 6.07) is 22.1. The fourth-order valence-corrected chi connectivity index (χ4v) is 8.51. The van der Waals surface area contributed by atoms with Crippen LogP contribution in [-0.2, 0) is 33.6 Å². The minimum atomic E-state index is -0.559. The lowest BCUT2D eigenvalue weighted by Crippen LogP contribution is -2.39. The molecule has 0 radical (unpaired) electrons. The monoisotopic (exact) mass is 912 g/mol. The topological polar surface area (TPSA) is 171 Å². The van der Waals surface area contributed by atoms with E-state index in [0.717, 1.165) is 65.2 Å². The number of piperidine rings is 2. The van der Waals surface area contributed by atoms with Gasteiger partial charge in [0.2, 0.25) is 0 Å². The normalized spacial score (nSPS) is 19.9. The molecular weight excluding hydrogens is 855 g/mol. The number of nitrogens with two attached hydrogens (primary N) is 1. The summed E-state index contributed by atoms with van der Waals surface area (Å²) in [4.78, 5) is 36.8. The van der Waals surface area contributed by atoms with Crippen molar-refractivity contribution < 1.29 is 38.1 Å². The molecule has 0 saturated carbocycles. The smallest absolute Gasteiger partial charge is 0.328 e. The molecule has 4 aromatic rings.